The normalized spacial score (nSPS) is 13.1. The molecule has 28 heavy (non-hydrogen) atoms. The van der Waals surface area contributed by atoms with E-state index in [0.717, 1.165) is 5.56 Å². The highest BCUT2D eigenvalue weighted by atomic mass is 19.1. The van der Waals surface area contributed by atoms with Crippen LogP contribution < -0.4 is 5.32 Å². The van der Waals surface area contributed by atoms with Crippen molar-refractivity contribution in [2.24, 2.45) is 0 Å². The van der Waals surface area contributed by atoms with Gasteiger partial charge in [-0.05, 0) is 66.9 Å². The van der Waals surface area contributed by atoms with Gasteiger partial charge in [0.25, 0.3) is 0 Å². The predicted octanol–water partition coefficient (Wildman–Crippen LogP) is 3.44. The Morgan fingerprint density at radius 2 is 1.89 bits per heavy atom. The third kappa shape index (κ3) is 4.02. The van der Waals surface area contributed by atoms with Crippen LogP contribution in [0.15, 0.2) is 42.5 Å². The van der Waals surface area contributed by atoms with Crippen LogP contribution in [-0.4, -0.2) is 28.1 Å². The number of nitriles is 1. The number of carbonyl (C=O) groups is 1. The Hall–Kier alpha value is -3.24. The summed E-state index contributed by atoms with van der Waals surface area (Å²) in [6.45, 7) is 0.921. The van der Waals surface area contributed by atoms with Crippen LogP contribution in [0.3, 0.4) is 0 Å². The number of rotatable bonds is 6. The Morgan fingerprint density at radius 3 is 2.54 bits per heavy atom. The molecule has 0 aliphatic carbocycles. The molecule has 0 bridgehead atoms. The number of amides is 1. The lowest BCUT2D eigenvalue weighted by molar-refractivity contribution is -0.122. The summed E-state index contributed by atoms with van der Waals surface area (Å²) in [6.07, 6.45) is 0.309. The van der Waals surface area contributed by atoms with Crippen molar-refractivity contribution in [1.29, 1.82) is 5.26 Å². The SMILES string of the molecule is CC(C#N)(CO)NC(=O)CCc1c(-c2ccc(F)cc2)[nH]c2ccc(F)cc12. The van der Waals surface area contributed by atoms with Gasteiger partial charge in [-0.25, -0.2) is 8.78 Å². The van der Waals surface area contributed by atoms with Crippen LogP contribution in [0.1, 0.15) is 18.9 Å². The molecule has 0 fully saturated rings. The summed E-state index contributed by atoms with van der Waals surface area (Å²) in [5.74, 6) is -1.18. The van der Waals surface area contributed by atoms with Crippen molar-refractivity contribution in [1.82, 2.24) is 10.3 Å². The zero-order valence-corrected chi connectivity index (χ0v) is 15.2. The molecule has 0 radical (unpaired) electrons. The second kappa shape index (κ2) is 7.79. The minimum atomic E-state index is -1.36. The lowest BCUT2D eigenvalue weighted by atomic mass is 10.00. The zero-order valence-electron chi connectivity index (χ0n) is 15.2. The highest BCUT2D eigenvalue weighted by Gasteiger charge is 2.25. The van der Waals surface area contributed by atoms with E-state index in [2.05, 4.69) is 10.3 Å². The monoisotopic (exact) mass is 383 g/mol. The number of nitrogens with one attached hydrogen (secondary N) is 2. The van der Waals surface area contributed by atoms with E-state index >= 15 is 0 Å². The van der Waals surface area contributed by atoms with E-state index in [1.165, 1.54) is 31.2 Å². The van der Waals surface area contributed by atoms with Crippen LogP contribution in [-0.2, 0) is 11.2 Å². The van der Waals surface area contributed by atoms with Gasteiger partial charge < -0.3 is 15.4 Å². The lowest BCUT2D eigenvalue weighted by Crippen LogP contribution is -2.47. The first-order chi connectivity index (χ1) is 13.3. The standard InChI is InChI=1S/C21H19F2N3O2/c1-21(11-24,12-27)26-19(28)9-7-16-17-10-15(23)6-8-18(17)25-20(16)13-2-4-14(22)5-3-13/h2-6,8,10,25,27H,7,9,12H2,1H3,(H,26,28). The van der Waals surface area contributed by atoms with Gasteiger partial charge in [0.2, 0.25) is 5.91 Å². The van der Waals surface area contributed by atoms with Crippen molar-refractivity contribution in [3.05, 3.63) is 59.7 Å². The number of fused-ring (bicyclic) bond motifs is 1. The molecule has 5 nitrogen and oxygen atoms in total. The third-order valence-corrected chi connectivity index (χ3v) is 4.58. The van der Waals surface area contributed by atoms with Gasteiger partial charge in [-0.15, -0.1) is 0 Å². The molecule has 7 heteroatoms. The van der Waals surface area contributed by atoms with Crippen LogP contribution in [0.2, 0.25) is 0 Å². The summed E-state index contributed by atoms with van der Waals surface area (Å²) < 4.78 is 27.1. The largest absolute Gasteiger partial charge is 0.393 e. The molecule has 0 saturated carbocycles. The van der Waals surface area contributed by atoms with Crippen molar-refractivity contribution >= 4 is 16.8 Å². The van der Waals surface area contributed by atoms with Crippen molar-refractivity contribution in [3.8, 4) is 17.3 Å². The average Bonchev–Trinajstić information content (AvgIpc) is 3.04. The number of halogens is 2. The van der Waals surface area contributed by atoms with E-state index in [1.54, 1.807) is 18.2 Å². The third-order valence-electron chi connectivity index (χ3n) is 4.58. The molecule has 0 aliphatic rings. The molecule has 144 valence electrons. The maximum absolute atomic E-state index is 13.8. The van der Waals surface area contributed by atoms with Crippen LogP contribution in [0, 0.1) is 23.0 Å². The Balaban J connectivity index is 1.93. The topological polar surface area (TPSA) is 88.9 Å². The number of aromatic nitrogens is 1. The number of aryl methyl sites for hydroxylation is 1. The molecule has 0 aliphatic heterocycles. The highest BCUT2D eigenvalue weighted by Crippen LogP contribution is 2.32. The first-order valence-electron chi connectivity index (χ1n) is 8.74. The Kier molecular flexibility index (Phi) is 5.43. The summed E-state index contributed by atoms with van der Waals surface area (Å²) in [7, 11) is 0. The molecule has 0 saturated heterocycles. The number of aliphatic hydroxyl groups excluding tert-OH is 1. The average molecular weight is 383 g/mol. The minimum absolute atomic E-state index is 0.0366. The fourth-order valence-electron chi connectivity index (χ4n) is 3.05. The maximum Gasteiger partial charge on any atom is 0.221 e. The second-order valence-corrected chi connectivity index (χ2v) is 6.83. The first kappa shape index (κ1) is 19.5. The van der Waals surface area contributed by atoms with E-state index < -0.39 is 23.9 Å². The van der Waals surface area contributed by atoms with E-state index in [9.17, 15) is 18.7 Å². The molecule has 3 N–H and O–H groups in total. The first-order valence-corrected chi connectivity index (χ1v) is 8.74. The fourth-order valence-corrected chi connectivity index (χ4v) is 3.05. The number of H-pyrrole nitrogens is 1. The molecule has 0 spiro atoms. The summed E-state index contributed by atoms with van der Waals surface area (Å²) in [4.78, 5) is 15.5. The summed E-state index contributed by atoms with van der Waals surface area (Å²) >= 11 is 0. The van der Waals surface area contributed by atoms with Crippen LogP contribution in [0.5, 0.6) is 0 Å². The van der Waals surface area contributed by atoms with Gasteiger partial charge in [0.15, 0.2) is 0 Å². The van der Waals surface area contributed by atoms with E-state index in [-0.39, 0.29) is 18.7 Å². The Bertz CT molecular complexity index is 1050. The van der Waals surface area contributed by atoms with E-state index in [0.29, 0.717) is 22.2 Å². The lowest BCUT2D eigenvalue weighted by Gasteiger charge is -2.20. The summed E-state index contributed by atoms with van der Waals surface area (Å²) in [5, 5.41) is 21.5. The van der Waals surface area contributed by atoms with Crippen molar-refractivity contribution < 1.29 is 18.7 Å². The van der Waals surface area contributed by atoms with E-state index in [4.69, 9.17) is 5.26 Å². The molecule has 1 unspecified atom stereocenters. The van der Waals surface area contributed by atoms with E-state index in [1.807, 2.05) is 6.07 Å². The van der Waals surface area contributed by atoms with Crippen molar-refractivity contribution in [2.75, 3.05) is 6.61 Å². The fraction of sp³-hybridized carbons (Fsp3) is 0.238. The molecule has 2 aromatic carbocycles. The molecular weight excluding hydrogens is 364 g/mol. The van der Waals surface area contributed by atoms with Gasteiger partial charge in [-0.2, -0.15) is 5.26 Å². The van der Waals surface area contributed by atoms with Gasteiger partial charge in [-0.3, -0.25) is 4.79 Å². The number of hydrogen-bond donors (Lipinski definition) is 3. The van der Waals surface area contributed by atoms with Crippen molar-refractivity contribution in [3.63, 3.8) is 0 Å². The van der Waals surface area contributed by atoms with Gasteiger partial charge in [0.1, 0.15) is 17.2 Å². The zero-order chi connectivity index (χ0) is 20.3. The molecular formula is C21H19F2N3O2. The number of carbonyl (C=O) groups excluding carboxylic acids is 1. The van der Waals surface area contributed by atoms with Gasteiger partial charge in [0.05, 0.1) is 12.7 Å². The Labute approximate surface area is 160 Å². The molecule has 1 aromatic heterocycles. The predicted molar refractivity (Wildman–Crippen MR) is 101 cm³/mol. The smallest absolute Gasteiger partial charge is 0.221 e. The quantitative estimate of drug-likeness (QED) is 0.609. The molecule has 1 amide bonds. The highest BCUT2D eigenvalue weighted by molar-refractivity contribution is 5.91. The molecule has 1 heterocycles. The second-order valence-electron chi connectivity index (χ2n) is 6.83. The van der Waals surface area contributed by atoms with Gasteiger partial charge >= 0.3 is 0 Å². The number of aromatic amines is 1. The van der Waals surface area contributed by atoms with Crippen LogP contribution >= 0.6 is 0 Å². The summed E-state index contributed by atoms with van der Waals surface area (Å²) in [6, 6.07) is 12.1. The van der Waals surface area contributed by atoms with Gasteiger partial charge in [-0.1, -0.05) is 0 Å². The molecule has 3 rings (SSSR count). The number of nitrogens with zero attached hydrogens (tertiary/aromatic N) is 1. The molecule has 1 atom stereocenters. The number of aliphatic hydroxyl groups is 1. The number of hydrogen-bond acceptors (Lipinski definition) is 3. The Morgan fingerprint density at radius 1 is 1.21 bits per heavy atom. The summed E-state index contributed by atoms with van der Waals surface area (Å²) in [5.41, 5.74) is 1.46. The maximum atomic E-state index is 13.8. The minimum Gasteiger partial charge on any atom is -0.393 e. The molecule has 3 aromatic rings. The van der Waals surface area contributed by atoms with Crippen LogP contribution in [0.25, 0.3) is 22.2 Å². The van der Waals surface area contributed by atoms with Crippen molar-refractivity contribution in [2.45, 2.75) is 25.3 Å². The van der Waals surface area contributed by atoms with Gasteiger partial charge in [0, 0.05) is 23.0 Å². The van der Waals surface area contributed by atoms with Crippen LogP contribution in [0.4, 0.5) is 8.78 Å². The number of benzene rings is 2.